The first-order valence-corrected chi connectivity index (χ1v) is 8.40. The highest BCUT2D eigenvalue weighted by atomic mass is 19.4. The number of alkyl halides is 3. The number of methoxy groups -OCH3 is 1. The van der Waals surface area contributed by atoms with Gasteiger partial charge in [0.25, 0.3) is 0 Å². The van der Waals surface area contributed by atoms with Gasteiger partial charge in [0.1, 0.15) is 0 Å². The molecule has 8 nitrogen and oxygen atoms in total. The van der Waals surface area contributed by atoms with Crippen LogP contribution >= 0.6 is 0 Å². The van der Waals surface area contributed by atoms with Gasteiger partial charge in [0.15, 0.2) is 5.75 Å². The van der Waals surface area contributed by atoms with E-state index in [2.05, 4.69) is 4.99 Å². The van der Waals surface area contributed by atoms with Gasteiger partial charge in [-0.3, -0.25) is 19.9 Å². The number of hydrogen-bond donors (Lipinski definition) is 1. The Labute approximate surface area is 164 Å². The van der Waals surface area contributed by atoms with Gasteiger partial charge in [-0.1, -0.05) is 6.08 Å². The molecule has 2 N–H and O–H groups in total. The van der Waals surface area contributed by atoms with Crippen LogP contribution in [0, 0.1) is 10.1 Å². The van der Waals surface area contributed by atoms with E-state index in [0.29, 0.717) is 27.2 Å². The number of rotatable bonds is 5. The molecule has 0 aliphatic carbocycles. The van der Waals surface area contributed by atoms with E-state index in [-0.39, 0.29) is 30.9 Å². The highest BCUT2D eigenvalue weighted by molar-refractivity contribution is 6.11. The van der Waals surface area contributed by atoms with E-state index in [1.54, 1.807) is 0 Å². The number of carbonyl (C=O) groups excluding carboxylic acids is 1. The molecule has 1 aromatic carbocycles. The van der Waals surface area contributed by atoms with E-state index in [9.17, 15) is 28.1 Å². The summed E-state index contributed by atoms with van der Waals surface area (Å²) in [6.45, 7) is -0.386. The van der Waals surface area contributed by atoms with Gasteiger partial charge in [0.05, 0.1) is 12.0 Å². The van der Waals surface area contributed by atoms with Gasteiger partial charge >= 0.3 is 17.8 Å². The Kier molecular flexibility index (Phi) is 6.62. The highest BCUT2D eigenvalue weighted by Crippen LogP contribution is 2.38. The number of nitrogens with zero attached hydrogens (tertiary/aromatic N) is 3. The molecule has 0 spiro atoms. The summed E-state index contributed by atoms with van der Waals surface area (Å²) in [6, 6.07) is 2.72. The summed E-state index contributed by atoms with van der Waals surface area (Å²) in [6.07, 6.45) is -0.700. The maximum atomic E-state index is 12.6. The van der Waals surface area contributed by atoms with Crippen molar-refractivity contribution in [2.24, 2.45) is 10.7 Å². The van der Waals surface area contributed by atoms with Crippen LogP contribution < -0.4 is 10.5 Å². The van der Waals surface area contributed by atoms with Gasteiger partial charge in [-0.25, -0.2) is 0 Å². The summed E-state index contributed by atoms with van der Waals surface area (Å²) >= 11 is 0. The molecule has 1 heterocycles. The lowest BCUT2D eigenvalue weighted by Crippen LogP contribution is -2.43. The fourth-order valence-corrected chi connectivity index (χ4v) is 3.00. The SMILES string of the molecule is CN=CC(=CN)c1cc([N+](=O)[O-])c(OC)cc1C1=CCN(C(=O)C(F)(F)F)CC1. The number of ether oxygens (including phenoxy) is 1. The lowest BCUT2D eigenvalue weighted by atomic mass is 9.90. The number of allylic oxidation sites excluding steroid dienone is 1. The number of nitrogens with two attached hydrogens (primary N) is 1. The second kappa shape index (κ2) is 8.76. The number of halogens is 3. The third-order valence-electron chi connectivity index (χ3n) is 4.36. The molecule has 0 atom stereocenters. The van der Waals surface area contributed by atoms with E-state index in [1.807, 2.05) is 0 Å². The fourth-order valence-electron chi connectivity index (χ4n) is 3.00. The average molecular weight is 412 g/mol. The van der Waals surface area contributed by atoms with Gasteiger partial charge in [-0.15, -0.1) is 0 Å². The van der Waals surface area contributed by atoms with Crippen LogP contribution in [0.25, 0.3) is 11.1 Å². The van der Waals surface area contributed by atoms with Gasteiger partial charge in [0.2, 0.25) is 0 Å². The molecule has 156 valence electrons. The normalized spacial score (nSPS) is 15.4. The summed E-state index contributed by atoms with van der Waals surface area (Å²) in [7, 11) is 2.78. The summed E-state index contributed by atoms with van der Waals surface area (Å²) < 4.78 is 43.0. The first kappa shape index (κ1) is 21.9. The Morgan fingerprint density at radius 3 is 2.55 bits per heavy atom. The van der Waals surface area contributed by atoms with Crippen molar-refractivity contribution < 1.29 is 27.6 Å². The molecular formula is C18H19F3N4O4. The molecule has 1 aliphatic rings. The molecule has 29 heavy (non-hydrogen) atoms. The van der Waals surface area contributed by atoms with E-state index in [1.165, 1.54) is 44.8 Å². The van der Waals surface area contributed by atoms with E-state index < -0.39 is 17.0 Å². The number of nitro benzene ring substituents is 1. The largest absolute Gasteiger partial charge is 0.490 e. The number of aliphatic imine (C=N–C) groups is 1. The molecular weight excluding hydrogens is 393 g/mol. The number of amides is 1. The molecule has 1 amide bonds. The van der Waals surface area contributed by atoms with Gasteiger partial charge in [0, 0.05) is 44.2 Å². The molecule has 0 saturated carbocycles. The highest BCUT2D eigenvalue weighted by Gasteiger charge is 2.42. The predicted molar refractivity (Wildman–Crippen MR) is 101 cm³/mol. The molecule has 1 aliphatic heterocycles. The molecule has 0 aromatic heterocycles. The van der Waals surface area contributed by atoms with Crippen LogP contribution in [0.1, 0.15) is 17.5 Å². The van der Waals surface area contributed by atoms with Crippen molar-refractivity contribution in [1.82, 2.24) is 4.90 Å². The Hall–Kier alpha value is -3.37. The first-order valence-electron chi connectivity index (χ1n) is 8.40. The van der Waals surface area contributed by atoms with Crippen LogP contribution in [0.4, 0.5) is 18.9 Å². The van der Waals surface area contributed by atoms with E-state index in [0.717, 1.165) is 0 Å². The number of nitro groups is 1. The van der Waals surface area contributed by atoms with E-state index >= 15 is 0 Å². The van der Waals surface area contributed by atoms with Crippen LogP contribution in [0.3, 0.4) is 0 Å². The summed E-state index contributed by atoms with van der Waals surface area (Å²) in [5, 5.41) is 11.4. The summed E-state index contributed by atoms with van der Waals surface area (Å²) in [5.74, 6) is -1.91. The molecule has 2 rings (SSSR count). The number of benzene rings is 1. The Morgan fingerprint density at radius 1 is 1.41 bits per heavy atom. The minimum atomic E-state index is -4.94. The van der Waals surface area contributed by atoms with Crippen LogP contribution in [0.2, 0.25) is 0 Å². The molecule has 0 saturated heterocycles. The second-order valence-corrected chi connectivity index (χ2v) is 6.06. The molecule has 1 aromatic rings. The first-order chi connectivity index (χ1) is 13.6. The lowest BCUT2D eigenvalue weighted by molar-refractivity contribution is -0.385. The number of carbonyl (C=O) groups is 1. The van der Waals surface area contributed by atoms with Crippen LogP contribution in [-0.4, -0.2) is 55.4 Å². The van der Waals surface area contributed by atoms with Crippen LogP contribution in [0.5, 0.6) is 5.75 Å². The molecule has 0 bridgehead atoms. The molecule has 0 unspecified atom stereocenters. The standard InChI is InChI=1S/C18H19F3N4O4/c1-23-10-12(9-22)13-7-15(25(27)28)16(29-2)8-14(13)11-3-5-24(6-4-11)17(26)18(19,20)21/h3,7-10H,4-6,22H2,1-2H3. The Bertz CT molecular complexity index is 907. The van der Waals surface area contributed by atoms with Crippen molar-refractivity contribution in [3.63, 3.8) is 0 Å². The summed E-state index contributed by atoms with van der Waals surface area (Å²) in [4.78, 5) is 26.8. The van der Waals surface area contributed by atoms with Gasteiger partial charge in [-0.2, -0.15) is 13.2 Å². The minimum Gasteiger partial charge on any atom is -0.490 e. The maximum absolute atomic E-state index is 12.6. The zero-order valence-electron chi connectivity index (χ0n) is 15.7. The van der Waals surface area contributed by atoms with Crippen molar-refractivity contribution in [2.75, 3.05) is 27.2 Å². The van der Waals surface area contributed by atoms with Crippen molar-refractivity contribution in [1.29, 1.82) is 0 Å². The smallest absolute Gasteiger partial charge is 0.471 e. The number of hydrogen-bond acceptors (Lipinski definition) is 6. The predicted octanol–water partition coefficient (Wildman–Crippen LogP) is 2.78. The average Bonchev–Trinajstić information content (AvgIpc) is 2.69. The fraction of sp³-hybridized carbons (Fsp3) is 0.333. The van der Waals surface area contributed by atoms with Gasteiger partial charge in [-0.05, 0) is 29.2 Å². The molecule has 0 radical (unpaired) electrons. The molecule has 11 heteroatoms. The maximum Gasteiger partial charge on any atom is 0.471 e. The van der Waals surface area contributed by atoms with Crippen molar-refractivity contribution in [3.8, 4) is 5.75 Å². The summed E-state index contributed by atoms with van der Waals surface area (Å²) in [5.41, 5.74) is 7.24. The third-order valence-corrected chi connectivity index (χ3v) is 4.36. The van der Waals surface area contributed by atoms with Crippen molar-refractivity contribution >= 4 is 29.0 Å². The van der Waals surface area contributed by atoms with Crippen LogP contribution in [0.15, 0.2) is 29.4 Å². The zero-order valence-corrected chi connectivity index (χ0v) is 15.7. The topological polar surface area (TPSA) is 111 Å². The van der Waals surface area contributed by atoms with Crippen molar-refractivity contribution in [2.45, 2.75) is 12.6 Å². The second-order valence-electron chi connectivity index (χ2n) is 6.06. The Balaban J connectivity index is 2.55. The monoisotopic (exact) mass is 412 g/mol. The van der Waals surface area contributed by atoms with Gasteiger partial charge < -0.3 is 15.4 Å². The zero-order chi connectivity index (χ0) is 21.8. The van der Waals surface area contributed by atoms with Crippen LogP contribution in [-0.2, 0) is 4.79 Å². The Morgan fingerprint density at radius 2 is 2.10 bits per heavy atom. The third kappa shape index (κ3) is 4.73. The quantitative estimate of drug-likeness (QED) is 0.454. The van der Waals surface area contributed by atoms with E-state index in [4.69, 9.17) is 10.5 Å². The minimum absolute atomic E-state index is 0.00624. The lowest BCUT2D eigenvalue weighted by Gasteiger charge is -2.28. The van der Waals surface area contributed by atoms with Crippen molar-refractivity contribution in [3.05, 3.63) is 45.6 Å². The molecule has 0 fully saturated rings.